The number of carbonyl (C=O) groups is 2. The first kappa shape index (κ1) is 16.9. The molecule has 0 atom stereocenters. The molecule has 0 aromatic heterocycles. The molecule has 4 nitrogen and oxygen atoms in total. The van der Waals surface area contributed by atoms with Gasteiger partial charge >= 0.3 is 5.97 Å². The molecular formula is C19H20O4. The molecule has 0 saturated heterocycles. The van der Waals surface area contributed by atoms with Gasteiger partial charge in [-0.25, -0.2) is 0 Å². The molecule has 0 saturated carbocycles. The van der Waals surface area contributed by atoms with E-state index < -0.39 is 5.60 Å². The predicted molar refractivity (Wildman–Crippen MR) is 86.7 cm³/mol. The van der Waals surface area contributed by atoms with Crippen molar-refractivity contribution in [3.8, 4) is 0 Å². The normalized spacial score (nSPS) is 11.0. The predicted octanol–water partition coefficient (Wildman–Crippen LogP) is 3.45. The fourth-order valence-electron chi connectivity index (χ4n) is 2.34. The van der Waals surface area contributed by atoms with E-state index in [1.54, 1.807) is 0 Å². The number of esters is 1. The molecule has 2 aromatic rings. The number of benzene rings is 2. The van der Waals surface area contributed by atoms with Gasteiger partial charge in [-0.1, -0.05) is 67.6 Å². The Morgan fingerprint density at radius 3 is 1.96 bits per heavy atom. The van der Waals surface area contributed by atoms with Crippen LogP contribution in [0.1, 0.15) is 30.9 Å². The van der Waals surface area contributed by atoms with Gasteiger partial charge in [0.05, 0.1) is 0 Å². The Morgan fingerprint density at radius 2 is 1.52 bits per heavy atom. The molecule has 2 rings (SSSR count). The molecule has 4 heteroatoms. The van der Waals surface area contributed by atoms with Crippen LogP contribution in [0.5, 0.6) is 0 Å². The fraction of sp³-hybridized carbons (Fsp3) is 0.263. The van der Waals surface area contributed by atoms with E-state index in [0.29, 0.717) is 24.0 Å². The van der Waals surface area contributed by atoms with Gasteiger partial charge in [-0.15, -0.1) is 0 Å². The average Bonchev–Trinajstić information content (AvgIpc) is 2.61. The molecule has 0 aliphatic carbocycles. The summed E-state index contributed by atoms with van der Waals surface area (Å²) >= 11 is 0. The summed E-state index contributed by atoms with van der Waals surface area (Å²) in [5.74, 6) is -0.339. The van der Waals surface area contributed by atoms with Crippen LogP contribution in [0.15, 0.2) is 60.7 Å². The molecule has 2 aromatic carbocycles. The third-order valence-electron chi connectivity index (χ3n) is 3.53. The zero-order valence-corrected chi connectivity index (χ0v) is 13.1. The summed E-state index contributed by atoms with van der Waals surface area (Å²) in [6, 6.07) is 18.3. The molecule has 0 heterocycles. The minimum atomic E-state index is -1.30. The van der Waals surface area contributed by atoms with Gasteiger partial charge in [0, 0.05) is 6.42 Å². The second-order valence-electron chi connectivity index (χ2n) is 5.11. The van der Waals surface area contributed by atoms with E-state index in [0.717, 1.165) is 6.29 Å². The van der Waals surface area contributed by atoms with Crippen molar-refractivity contribution < 1.29 is 19.1 Å². The first-order valence-corrected chi connectivity index (χ1v) is 7.60. The Morgan fingerprint density at radius 1 is 1.00 bits per heavy atom. The van der Waals surface area contributed by atoms with Crippen LogP contribution >= 0.6 is 0 Å². The lowest BCUT2D eigenvalue weighted by molar-refractivity contribution is -0.171. The van der Waals surface area contributed by atoms with Gasteiger partial charge in [0.25, 0.3) is 0 Å². The number of hydrogen-bond acceptors (Lipinski definition) is 4. The molecule has 23 heavy (non-hydrogen) atoms. The lowest BCUT2D eigenvalue weighted by atomic mass is 9.87. The number of hydrogen-bond donors (Lipinski definition) is 0. The summed E-state index contributed by atoms with van der Waals surface area (Å²) in [5.41, 5.74) is 0.0788. The molecular weight excluding hydrogens is 292 g/mol. The first-order valence-electron chi connectivity index (χ1n) is 7.60. The van der Waals surface area contributed by atoms with E-state index >= 15 is 0 Å². The number of ether oxygens (including phenoxy) is 2. The van der Waals surface area contributed by atoms with Gasteiger partial charge < -0.3 is 9.47 Å². The van der Waals surface area contributed by atoms with Gasteiger partial charge in [-0.2, -0.15) is 0 Å². The second-order valence-corrected chi connectivity index (χ2v) is 5.11. The van der Waals surface area contributed by atoms with Crippen LogP contribution in [0.4, 0.5) is 0 Å². The SMILES string of the molecule is CCCC(=O)OCOC(C=O)(c1ccccc1)c1ccccc1. The maximum atomic E-state index is 12.0. The Hall–Kier alpha value is -2.46. The largest absolute Gasteiger partial charge is 0.438 e. The van der Waals surface area contributed by atoms with Crippen LogP contribution in [0, 0.1) is 0 Å². The average molecular weight is 312 g/mol. The van der Waals surface area contributed by atoms with Crippen LogP contribution < -0.4 is 0 Å². The number of rotatable bonds is 8. The van der Waals surface area contributed by atoms with Gasteiger partial charge in [-0.05, 0) is 17.5 Å². The Bertz CT molecular complexity index is 583. The minimum absolute atomic E-state index is 0.276. The topological polar surface area (TPSA) is 52.6 Å². The van der Waals surface area contributed by atoms with Crippen molar-refractivity contribution in [1.29, 1.82) is 0 Å². The molecule has 0 unspecified atom stereocenters. The zero-order chi connectivity index (χ0) is 16.5. The van der Waals surface area contributed by atoms with Crippen LogP contribution in [0.3, 0.4) is 0 Å². The third-order valence-corrected chi connectivity index (χ3v) is 3.53. The molecule has 0 fully saturated rings. The highest BCUT2D eigenvalue weighted by atomic mass is 16.7. The summed E-state index contributed by atoms with van der Waals surface area (Å²) < 4.78 is 10.8. The highest BCUT2D eigenvalue weighted by Gasteiger charge is 2.35. The highest BCUT2D eigenvalue weighted by molar-refractivity contribution is 5.73. The lowest BCUT2D eigenvalue weighted by Gasteiger charge is -2.29. The zero-order valence-electron chi connectivity index (χ0n) is 13.1. The standard InChI is InChI=1S/C19H20O4/c1-2-9-18(21)22-15-23-19(14-20,16-10-5-3-6-11-16)17-12-7-4-8-13-17/h3-8,10-14H,2,9,15H2,1H3. The van der Waals surface area contributed by atoms with Crippen molar-refractivity contribution >= 4 is 12.3 Å². The van der Waals surface area contributed by atoms with Crippen molar-refractivity contribution in [3.05, 3.63) is 71.8 Å². The molecule has 0 aliphatic rings. The summed E-state index contributed by atoms with van der Waals surface area (Å²) in [6.45, 7) is 1.62. The van der Waals surface area contributed by atoms with Crippen molar-refractivity contribution in [1.82, 2.24) is 0 Å². The number of carbonyl (C=O) groups excluding carboxylic acids is 2. The van der Waals surface area contributed by atoms with E-state index in [1.165, 1.54) is 0 Å². The quantitative estimate of drug-likeness (QED) is 0.425. The summed E-state index contributed by atoms with van der Waals surface area (Å²) in [6.07, 6.45) is 1.77. The molecule has 0 spiro atoms. The maximum absolute atomic E-state index is 12.0. The van der Waals surface area contributed by atoms with E-state index in [1.807, 2.05) is 67.6 Å². The van der Waals surface area contributed by atoms with Crippen LogP contribution in [0.2, 0.25) is 0 Å². The van der Waals surface area contributed by atoms with Gasteiger partial charge in [0.15, 0.2) is 18.7 Å². The monoisotopic (exact) mass is 312 g/mol. The van der Waals surface area contributed by atoms with E-state index in [9.17, 15) is 9.59 Å². The highest BCUT2D eigenvalue weighted by Crippen LogP contribution is 2.31. The smallest absolute Gasteiger partial charge is 0.307 e. The lowest BCUT2D eigenvalue weighted by Crippen LogP contribution is -2.34. The van der Waals surface area contributed by atoms with Gasteiger partial charge in [0.1, 0.15) is 0 Å². The second kappa shape index (κ2) is 8.25. The summed E-state index contributed by atoms with van der Waals surface area (Å²) in [7, 11) is 0. The van der Waals surface area contributed by atoms with Crippen molar-refractivity contribution in [2.75, 3.05) is 6.79 Å². The molecule has 0 radical (unpaired) electrons. The van der Waals surface area contributed by atoms with Crippen LogP contribution in [-0.2, 0) is 24.7 Å². The van der Waals surface area contributed by atoms with Crippen molar-refractivity contribution in [3.63, 3.8) is 0 Å². The van der Waals surface area contributed by atoms with E-state index in [-0.39, 0.29) is 12.8 Å². The van der Waals surface area contributed by atoms with Crippen molar-refractivity contribution in [2.24, 2.45) is 0 Å². The van der Waals surface area contributed by atoms with Crippen LogP contribution in [0.25, 0.3) is 0 Å². The van der Waals surface area contributed by atoms with Crippen molar-refractivity contribution in [2.45, 2.75) is 25.4 Å². The maximum Gasteiger partial charge on any atom is 0.307 e. The Balaban J connectivity index is 2.28. The Kier molecular flexibility index (Phi) is 6.06. The minimum Gasteiger partial charge on any atom is -0.438 e. The molecule has 0 aliphatic heterocycles. The van der Waals surface area contributed by atoms with Gasteiger partial charge in [0.2, 0.25) is 0 Å². The van der Waals surface area contributed by atoms with Gasteiger partial charge in [-0.3, -0.25) is 9.59 Å². The fourth-order valence-corrected chi connectivity index (χ4v) is 2.34. The Labute approximate surface area is 136 Å². The number of aldehydes is 1. The van der Waals surface area contributed by atoms with Crippen LogP contribution in [-0.4, -0.2) is 19.0 Å². The summed E-state index contributed by atoms with van der Waals surface area (Å²) in [4.78, 5) is 23.5. The first-order chi connectivity index (χ1) is 11.2. The molecule has 0 bridgehead atoms. The molecule has 0 amide bonds. The molecule has 120 valence electrons. The summed E-state index contributed by atoms with van der Waals surface area (Å²) in [5, 5.41) is 0. The van der Waals surface area contributed by atoms with E-state index in [4.69, 9.17) is 9.47 Å². The van der Waals surface area contributed by atoms with E-state index in [2.05, 4.69) is 0 Å². The molecule has 0 N–H and O–H groups in total. The third kappa shape index (κ3) is 4.05.